The maximum atomic E-state index is 10.2. The Morgan fingerprint density at radius 3 is 2.76 bits per heavy atom. The topological polar surface area (TPSA) is 56.0 Å². The number of nitrogens with one attached hydrogen (secondary N) is 1. The van der Waals surface area contributed by atoms with Crippen LogP contribution >= 0.6 is 11.6 Å². The van der Waals surface area contributed by atoms with Gasteiger partial charge in [0, 0.05) is 6.54 Å². The largest absolute Gasteiger partial charge is 0.388 e. The van der Waals surface area contributed by atoms with Crippen LogP contribution in [-0.2, 0) is 0 Å². The highest BCUT2D eigenvalue weighted by Gasteiger charge is 2.30. The summed E-state index contributed by atoms with van der Waals surface area (Å²) in [6.45, 7) is 0.488. The summed E-state index contributed by atoms with van der Waals surface area (Å²) in [5, 5.41) is 22.7. The van der Waals surface area contributed by atoms with E-state index >= 15 is 0 Å². The molecule has 1 aromatic rings. The summed E-state index contributed by atoms with van der Waals surface area (Å²) in [7, 11) is 0. The van der Waals surface area contributed by atoms with Crippen LogP contribution in [0.4, 0.5) is 5.69 Å². The van der Waals surface area contributed by atoms with Gasteiger partial charge in [0.25, 0.3) is 0 Å². The van der Waals surface area contributed by atoms with Crippen molar-refractivity contribution in [1.29, 1.82) is 5.26 Å². The van der Waals surface area contributed by atoms with Crippen LogP contribution in [0.15, 0.2) is 18.2 Å². The standard InChI is InChI=1S/C13H15ClN2O/c14-11-4-3-10(8-15)7-12(11)16-9-13(17)5-1-2-6-13/h3-4,7,16-17H,1-2,5-6,9H2. The first kappa shape index (κ1) is 12.2. The van der Waals surface area contributed by atoms with Gasteiger partial charge in [-0.15, -0.1) is 0 Å². The van der Waals surface area contributed by atoms with Crippen LogP contribution in [0.3, 0.4) is 0 Å². The molecular formula is C13H15ClN2O. The molecule has 3 nitrogen and oxygen atoms in total. The van der Waals surface area contributed by atoms with Crippen molar-refractivity contribution >= 4 is 17.3 Å². The Bertz CT molecular complexity index is 447. The van der Waals surface area contributed by atoms with E-state index in [0.717, 1.165) is 25.7 Å². The quantitative estimate of drug-likeness (QED) is 0.867. The molecule has 1 aromatic carbocycles. The Labute approximate surface area is 106 Å². The van der Waals surface area contributed by atoms with Crippen LogP contribution in [0.25, 0.3) is 0 Å². The van der Waals surface area contributed by atoms with Gasteiger partial charge in [0.1, 0.15) is 0 Å². The summed E-state index contributed by atoms with van der Waals surface area (Å²) in [5.41, 5.74) is 0.660. The molecule has 90 valence electrons. The van der Waals surface area contributed by atoms with Crippen LogP contribution in [-0.4, -0.2) is 17.3 Å². The molecule has 1 aliphatic rings. The van der Waals surface area contributed by atoms with Crippen molar-refractivity contribution < 1.29 is 5.11 Å². The highest BCUT2D eigenvalue weighted by molar-refractivity contribution is 6.33. The van der Waals surface area contributed by atoms with Crippen molar-refractivity contribution in [3.63, 3.8) is 0 Å². The average molecular weight is 251 g/mol. The number of aliphatic hydroxyl groups is 1. The van der Waals surface area contributed by atoms with E-state index in [-0.39, 0.29) is 0 Å². The lowest BCUT2D eigenvalue weighted by Gasteiger charge is -2.23. The van der Waals surface area contributed by atoms with Gasteiger partial charge >= 0.3 is 0 Å². The number of nitriles is 1. The number of anilines is 1. The van der Waals surface area contributed by atoms with Crippen LogP contribution in [0.1, 0.15) is 31.2 Å². The minimum Gasteiger partial charge on any atom is -0.388 e. The Hall–Kier alpha value is -1.24. The molecule has 0 spiro atoms. The zero-order chi connectivity index (χ0) is 12.3. The summed E-state index contributed by atoms with van der Waals surface area (Å²) >= 11 is 6.03. The van der Waals surface area contributed by atoms with Crippen LogP contribution in [0, 0.1) is 11.3 Å². The number of halogens is 1. The van der Waals surface area contributed by atoms with Crippen molar-refractivity contribution in [3.05, 3.63) is 28.8 Å². The predicted molar refractivity (Wildman–Crippen MR) is 68.1 cm³/mol. The first-order valence-electron chi connectivity index (χ1n) is 5.79. The molecule has 0 unspecified atom stereocenters. The molecular weight excluding hydrogens is 236 g/mol. The zero-order valence-corrected chi connectivity index (χ0v) is 10.3. The van der Waals surface area contributed by atoms with Crippen molar-refractivity contribution in [2.45, 2.75) is 31.3 Å². The van der Waals surface area contributed by atoms with E-state index in [4.69, 9.17) is 16.9 Å². The monoisotopic (exact) mass is 250 g/mol. The Morgan fingerprint density at radius 2 is 2.12 bits per heavy atom. The summed E-state index contributed by atoms with van der Waals surface area (Å²) in [6.07, 6.45) is 3.80. The fourth-order valence-corrected chi connectivity index (χ4v) is 2.38. The maximum absolute atomic E-state index is 10.2. The highest BCUT2D eigenvalue weighted by Crippen LogP contribution is 2.31. The minimum atomic E-state index is -0.619. The number of nitrogens with zero attached hydrogens (tertiary/aromatic N) is 1. The first-order valence-corrected chi connectivity index (χ1v) is 6.17. The molecule has 1 aliphatic carbocycles. The fraction of sp³-hybridized carbons (Fsp3) is 0.462. The minimum absolute atomic E-state index is 0.488. The molecule has 0 bridgehead atoms. The van der Waals surface area contributed by atoms with Gasteiger partial charge in [0.2, 0.25) is 0 Å². The second-order valence-corrected chi connectivity index (χ2v) is 5.00. The summed E-state index contributed by atoms with van der Waals surface area (Å²) in [6, 6.07) is 7.15. The maximum Gasteiger partial charge on any atom is 0.0992 e. The van der Waals surface area contributed by atoms with Gasteiger partial charge in [-0.1, -0.05) is 24.4 Å². The third-order valence-corrected chi connectivity index (χ3v) is 3.57. The van der Waals surface area contributed by atoms with Gasteiger partial charge in [-0.3, -0.25) is 0 Å². The molecule has 17 heavy (non-hydrogen) atoms. The summed E-state index contributed by atoms with van der Waals surface area (Å²) < 4.78 is 0. The number of benzene rings is 1. The van der Waals surface area contributed by atoms with E-state index in [2.05, 4.69) is 11.4 Å². The van der Waals surface area contributed by atoms with E-state index in [9.17, 15) is 5.11 Å². The Balaban J connectivity index is 2.06. The molecule has 2 rings (SSSR count). The average Bonchev–Trinajstić information content (AvgIpc) is 2.76. The molecule has 1 saturated carbocycles. The fourth-order valence-electron chi connectivity index (χ4n) is 2.20. The SMILES string of the molecule is N#Cc1ccc(Cl)c(NCC2(O)CCCC2)c1. The van der Waals surface area contributed by atoms with Crippen molar-refractivity contribution in [2.75, 3.05) is 11.9 Å². The molecule has 0 radical (unpaired) electrons. The molecule has 0 amide bonds. The first-order chi connectivity index (χ1) is 8.13. The van der Waals surface area contributed by atoms with E-state index in [1.54, 1.807) is 18.2 Å². The summed E-state index contributed by atoms with van der Waals surface area (Å²) in [4.78, 5) is 0. The highest BCUT2D eigenvalue weighted by atomic mass is 35.5. The molecule has 1 fully saturated rings. The number of rotatable bonds is 3. The number of hydrogen-bond donors (Lipinski definition) is 2. The van der Waals surface area contributed by atoms with Gasteiger partial charge in [-0.05, 0) is 31.0 Å². The lowest BCUT2D eigenvalue weighted by atomic mass is 10.0. The molecule has 0 heterocycles. The number of hydrogen-bond acceptors (Lipinski definition) is 3. The molecule has 0 aromatic heterocycles. The lowest BCUT2D eigenvalue weighted by Crippen LogP contribution is -2.33. The predicted octanol–water partition coefficient (Wildman–Crippen LogP) is 2.93. The molecule has 2 N–H and O–H groups in total. The lowest BCUT2D eigenvalue weighted by molar-refractivity contribution is 0.0615. The van der Waals surface area contributed by atoms with Gasteiger partial charge in [-0.2, -0.15) is 5.26 Å². The van der Waals surface area contributed by atoms with Crippen LogP contribution in [0.2, 0.25) is 5.02 Å². The zero-order valence-electron chi connectivity index (χ0n) is 9.54. The second-order valence-electron chi connectivity index (χ2n) is 4.59. The van der Waals surface area contributed by atoms with E-state index in [0.29, 0.717) is 22.8 Å². The molecule has 0 aliphatic heterocycles. The molecule has 0 saturated heterocycles. The van der Waals surface area contributed by atoms with Crippen molar-refractivity contribution in [2.24, 2.45) is 0 Å². The molecule has 4 heteroatoms. The third kappa shape index (κ3) is 2.91. The normalized spacial score (nSPS) is 17.7. The summed E-state index contributed by atoms with van der Waals surface area (Å²) in [5.74, 6) is 0. The van der Waals surface area contributed by atoms with Gasteiger partial charge in [0.05, 0.1) is 27.9 Å². The van der Waals surface area contributed by atoms with Crippen LogP contribution < -0.4 is 5.32 Å². The van der Waals surface area contributed by atoms with E-state index in [1.807, 2.05) is 0 Å². The van der Waals surface area contributed by atoms with Crippen molar-refractivity contribution in [1.82, 2.24) is 0 Å². The molecule has 0 atom stereocenters. The van der Waals surface area contributed by atoms with Gasteiger partial charge < -0.3 is 10.4 Å². The Kier molecular flexibility index (Phi) is 3.56. The van der Waals surface area contributed by atoms with E-state index in [1.165, 1.54) is 0 Å². The van der Waals surface area contributed by atoms with Crippen LogP contribution in [0.5, 0.6) is 0 Å². The Morgan fingerprint density at radius 1 is 1.41 bits per heavy atom. The van der Waals surface area contributed by atoms with Crippen molar-refractivity contribution in [3.8, 4) is 6.07 Å². The van der Waals surface area contributed by atoms with Gasteiger partial charge in [0.15, 0.2) is 0 Å². The second kappa shape index (κ2) is 4.95. The third-order valence-electron chi connectivity index (χ3n) is 3.24. The smallest absolute Gasteiger partial charge is 0.0992 e. The van der Waals surface area contributed by atoms with Gasteiger partial charge in [-0.25, -0.2) is 0 Å². The van der Waals surface area contributed by atoms with E-state index < -0.39 is 5.60 Å².